The van der Waals surface area contributed by atoms with Crippen molar-refractivity contribution < 1.29 is 0 Å². The molecule has 2 unspecified atom stereocenters. The fourth-order valence-corrected chi connectivity index (χ4v) is 2.60. The molecule has 0 heterocycles. The molecule has 2 heteroatoms. The summed E-state index contributed by atoms with van der Waals surface area (Å²) < 4.78 is 0.648. The van der Waals surface area contributed by atoms with Crippen LogP contribution in [0.5, 0.6) is 0 Å². The summed E-state index contributed by atoms with van der Waals surface area (Å²) in [6.07, 6.45) is 13.6. The molecule has 2 atom stereocenters. The van der Waals surface area contributed by atoms with Gasteiger partial charge < -0.3 is 5.73 Å². The molecule has 1 fully saturated rings. The van der Waals surface area contributed by atoms with Gasteiger partial charge in [0.25, 0.3) is 0 Å². The van der Waals surface area contributed by atoms with Gasteiger partial charge in [0, 0.05) is 9.62 Å². The summed E-state index contributed by atoms with van der Waals surface area (Å²) in [4.78, 5) is 0. The molecule has 0 aromatic heterocycles. The molecule has 0 radical (unpaired) electrons. The Bertz CT molecular complexity index is 295. The average molecular weight is 301 g/mol. The Hall–Kier alpha value is -0.250. The molecular weight excluding hydrogens is 285 g/mol. The van der Waals surface area contributed by atoms with Gasteiger partial charge in [-0.1, -0.05) is 52.5 Å². The van der Waals surface area contributed by atoms with Crippen molar-refractivity contribution in [3.8, 4) is 0 Å². The zero-order valence-corrected chi connectivity index (χ0v) is 10.4. The van der Waals surface area contributed by atoms with Gasteiger partial charge in [-0.05, 0) is 31.6 Å². The third-order valence-corrected chi connectivity index (χ3v) is 4.21. The van der Waals surface area contributed by atoms with E-state index >= 15 is 0 Å². The molecule has 2 N–H and O–H groups in total. The molecule has 1 nitrogen and oxygen atoms in total. The lowest BCUT2D eigenvalue weighted by Crippen LogP contribution is -2.13. The number of alkyl halides is 1. The molecule has 0 bridgehead atoms. The Morgan fingerprint density at radius 2 is 2.07 bits per heavy atom. The van der Waals surface area contributed by atoms with Gasteiger partial charge in [-0.15, -0.1) is 0 Å². The minimum atomic E-state index is 0.648. The SMILES string of the molecule is NC(CCC1C=CC=CC1I)=C1CC1. The molecule has 1 saturated carbocycles. The zero-order valence-electron chi connectivity index (χ0n) is 8.25. The topological polar surface area (TPSA) is 26.0 Å². The number of hydrogen-bond acceptors (Lipinski definition) is 1. The van der Waals surface area contributed by atoms with Gasteiger partial charge in [0.1, 0.15) is 0 Å². The minimum absolute atomic E-state index is 0.648. The van der Waals surface area contributed by atoms with Crippen molar-refractivity contribution in [2.45, 2.75) is 29.6 Å². The molecular formula is C12H16IN. The summed E-state index contributed by atoms with van der Waals surface area (Å²) in [6, 6.07) is 0. The molecule has 0 aromatic rings. The highest BCUT2D eigenvalue weighted by atomic mass is 127. The van der Waals surface area contributed by atoms with Crippen molar-refractivity contribution in [3.05, 3.63) is 35.6 Å². The van der Waals surface area contributed by atoms with E-state index in [9.17, 15) is 0 Å². The van der Waals surface area contributed by atoms with Crippen molar-refractivity contribution >= 4 is 22.6 Å². The highest BCUT2D eigenvalue weighted by Gasteiger charge is 2.19. The van der Waals surface area contributed by atoms with Crippen molar-refractivity contribution in [1.82, 2.24) is 0 Å². The smallest absolute Gasteiger partial charge is 0.0355 e. The maximum absolute atomic E-state index is 5.98. The second kappa shape index (κ2) is 4.51. The standard InChI is InChI=1S/C12H16IN/c13-11-4-2-1-3-9(11)7-8-12(14)10-5-6-10/h1-4,9,11H,5-8,14H2. The maximum atomic E-state index is 5.98. The van der Waals surface area contributed by atoms with E-state index in [1.54, 1.807) is 0 Å². The lowest BCUT2D eigenvalue weighted by molar-refractivity contribution is 0.612. The molecule has 0 spiro atoms. The van der Waals surface area contributed by atoms with Crippen LogP contribution in [0.2, 0.25) is 0 Å². The molecule has 14 heavy (non-hydrogen) atoms. The molecule has 0 amide bonds. The largest absolute Gasteiger partial charge is 0.402 e. The number of allylic oxidation sites excluding steroid dienone is 6. The molecule has 2 rings (SSSR count). The van der Waals surface area contributed by atoms with Gasteiger partial charge in [-0.25, -0.2) is 0 Å². The first kappa shape index (κ1) is 10.3. The summed E-state index contributed by atoms with van der Waals surface area (Å²) in [5.74, 6) is 0.679. The van der Waals surface area contributed by atoms with Gasteiger partial charge in [-0.2, -0.15) is 0 Å². The van der Waals surface area contributed by atoms with E-state index in [1.807, 2.05) is 0 Å². The number of hydrogen-bond donors (Lipinski definition) is 1. The van der Waals surface area contributed by atoms with E-state index in [0.29, 0.717) is 9.84 Å². The average Bonchev–Trinajstić information content (AvgIpc) is 2.99. The molecule has 0 aliphatic heterocycles. The van der Waals surface area contributed by atoms with Crippen LogP contribution >= 0.6 is 22.6 Å². The second-order valence-corrected chi connectivity index (χ2v) is 5.48. The van der Waals surface area contributed by atoms with Crippen LogP contribution in [-0.4, -0.2) is 3.92 Å². The third kappa shape index (κ3) is 2.62. The normalized spacial score (nSPS) is 29.4. The Morgan fingerprint density at radius 3 is 2.71 bits per heavy atom. The molecule has 2 aliphatic rings. The van der Waals surface area contributed by atoms with E-state index in [4.69, 9.17) is 5.73 Å². The molecule has 0 saturated heterocycles. The summed E-state index contributed by atoms with van der Waals surface area (Å²) >= 11 is 2.50. The number of rotatable bonds is 3. The van der Waals surface area contributed by atoms with Gasteiger partial charge >= 0.3 is 0 Å². The van der Waals surface area contributed by atoms with Crippen molar-refractivity contribution in [1.29, 1.82) is 0 Å². The van der Waals surface area contributed by atoms with Crippen LogP contribution < -0.4 is 5.73 Å². The van der Waals surface area contributed by atoms with Crippen molar-refractivity contribution in [3.63, 3.8) is 0 Å². The Balaban J connectivity index is 1.83. The summed E-state index contributed by atoms with van der Waals surface area (Å²) in [6.45, 7) is 0. The summed E-state index contributed by atoms with van der Waals surface area (Å²) in [7, 11) is 0. The first-order valence-electron chi connectivity index (χ1n) is 5.23. The molecule has 0 aromatic carbocycles. The van der Waals surface area contributed by atoms with Crippen LogP contribution in [0.3, 0.4) is 0 Å². The van der Waals surface area contributed by atoms with Crippen LogP contribution in [0.1, 0.15) is 25.7 Å². The molecule has 76 valence electrons. The highest BCUT2D eigenvalue weighted by molar-refractivity contribution is 14.1. The second-order valence-electron chi connectivity index (χ2n) is 4.05. The van der Waals surface area contributed by atoms with Crippen LogP contribution in [0.4, 0.5) is 0 Å². The zero-order chi connectivity index (χ0) is 9.97. The quantitative estimate of drug-likeness (QED) is 0.628. The van der Waals surface area contributed by atoms with E-state index in [-0.39, 0.29) is 0 Å². The van der Waals surface area contributed by atoms with E-state index < -0.39 is 0 Å². The monoisotopic (exact) mass is 301 g/mol. The van der Waals surface area contributed by atoms with Crippen molar-refractivity contribution in [2.24, 2.45) is 11.7 Å². The van der Waals surface area contributed by atoms with E-state index in [2.05, 4.69) is 46.9 Å². The minimum Gasteiger partial charge on any atom is -0.402 e. The first-order chi connectivity index (χ1) is 6.77. The van der Waals surface area contributed by atoms with E-state index in [0.717, 1.165) is 12.1 Å². The maximum Gasteiger partial charge on any atom is 0.0355 e. The lowest BCUT2D eigenvalue weighted by Gasteiger charge is -2.18. The fraction of sp³-hybridized carbons (Fsp3) is 0.500. The van der Waals surface area contributed by atoms with Gasteiger partial charge in [0.05, 0.1) is 0 Å². The lowest BCUT2D eigenvalue weighted by atomic mass is 9.95. The number of halogens is 1. The van der Waals surface area contributed by atoms with Crippen LogP contribution in [0.25, 0.3) is 0 Å². The van der Waals surface area contributed by atoms with E-state index in [1.165, 1.54) is 24.8 Å². The van der Waals surface area contributed by atoms with Crippen LogP contribution in [-0.2, 0) is 0 Å². The predicted octanol–water partition coefficient (Wildman–Crippen LogP) is 3.32. The highest BCUT2D eigenvalue weighted by Crippen LogP contribution is 2.33. The van der Waals surface area contributed by atoms with Gasteiger partial charge in [-0.3, -0.25) is 0 Å². The third-order valence-electron chi connectivity index (χ3n) is 2.87. The van der Waals surface area contributed by atoms with Crippen LogP contribution in [0, 0.1) is 5.92 Å². The van der Waals surface area contributed by atoms with Gasteiger partial charge in [0.15, 0.2) is 0 Å². The summed E-state index contributed by atoms with van der Waals surface area (Å²) in [5, 5.41) is 0. The molecule has 2 aliphatic carbocycles. The summed E-state index contributed by atoms with van der Waals surface area (Å²) in [5.41, 5.74) is 8.65. The Kier molecular flexibility index (Phi) is 3.31. The predicted molar refractivity (Wildman–Crippen MR) is 69.3 cm³/mol. The van der Waals surface area contributed by atoms with Crippen molar-refractivity contribution in [2.75, 3.05) is 0 Å². The first-order valence-corrected chi connectivity index (χ1v) is 6.47. The Labute approximate surface area is 99.3 Å². The Morgan fingerprint density at radius 1 is 1.36 bits per heavy atom. The van der Waals surface area contributed by atoms with Crippen LogP contribution in [0.15, 0.2) is 35.6 Å². The van der Waals surface area contributed by atoms with Gasteiger partial charge in [0.2, 0.25) is 0 Å². The number of nitrogens with two attached hydrogens (primary N) is 1. The fourth-order valence-electron chi connectivity index (χ4n) is 1.76.